The predicted molar refractivity (Wildman–Crippen MR) is 80.8 cm³/mol. The first kappa shape index (κ1) is 13.1. The molecule has 1 heterocycles. The first-order valence-corrected chi connectivity index (χ1v) is 6.97. The highest BCUT2D eigenvalue weighted by Gasteiger charge is 2.17. The van der Waals surface area contributed by atoms with Crippen LogP contribution in [0.15, 0.2) is 29.1 Å². The minimum Gasteiger partial charge on any atom is -0.355 e. The molecule has 0 unspecified atom stereocenters. The van der Waals surface area contributed by atoms with E-state index < -0.39 is 5.91 Å². The van der Waals surface area contributed by atoms with Crippen molar-refractivity contribution in [2.75, 3.05) is 12.4 Å². The number of aromatic amines is 1. The summed E-state index contributed by atoms with van der Waals surface area (Å²) in [4.78, 5) is 23.1. The highest BCUT2D eigenvalue weighted by molar-refractivity contribution is 14.1. The van der Waals surface area contributed by atoms with Crippen LogP contribution in [-0.2, 0) is 0 Å². The maximum Gasteiger partial charge on any atom is 0.273 e. The quantitative estimate of drug-likeness (QED) is 0.720. The molecule has 1 aromatic carbocycles. The van der Waals surface area contributed by atoms with Crippen LogP contribution in [0.1, 0.15) is 10.4 Å². The molecule has 1 aromatic heterocycles. The second-order valence-electron chi connectivity index (χ2n) is 3.45. The molecule has 1 amide bonds. The first-order valence-electron chi connectivity index (χ1n) is 5.08. The number of H-pyrrole nitrogens is 1. The molecule has 0 aliphatic rings. The van der Waals surface area contributed by atoms with Crippen LogP contribution in [0, 0.1) is 3.57 Å². The number of carbonyl (C=O) groups is 1. The van der Waals surface area contributed by atoms with E-state index in [9.17, 15) is 9.59 Å². The van der Waals surface area contributed by atoms with E-state index in [1.165, 1.54) is 7.05 Å². The topological polar surface area (TPSA) is 74.0 Å². The van der Waals surface area contributed by atoms with Gasteiger partial charge in [0.2, 0.25) is 0 Å². The van der Waals surface area contributed by atoms with E-state index in [0.29, 0.717) is 5.00 Å². The molecule has 2 aromatic rings. The van der Waals surface area contributed by atoms with Crippen molar-refractivity contribution in [3.63, 3.8) is 0 Å². The van der Waals surface area contributed by atoms with Gasteiger partial charge in [0.1, 0.15) is 10.6 Å². The third-order valence-corrected chi connectivity index (χ3v) is 3.77. The Morgan fingerprint density at radius 1 is 1.33 bits per heavy atom. The number of nitrogens with one attached hydrogen (secondary N) is 3. The number of hydrogen-bond acceptors (Lipinski definition) is 4. The Morgan fingerprint density at radius 2 is 2.00 bits per heavy atom. The fraction of sp³-hybridized carbons (Fsp3) is 0.0909. The van der Waals surface area contributed by atoms with Crippen molar-refractivity contribution < 1.29 is 4.79 Å². The summed E-state index contributed by atoms with van der Waals surface area (Å²) in [6.45, 7) is 0. The van der Waals surface area contributed by atoms with Gasteiger partial charge in [0, 0.05) is 16.3 Å². The Morgan fingerprint density at radius 3 is 2.61 bits per heavy atom. The summed E-state index contributed by atoms with van der Waals surface area (Å²) < 4.78 is 3.66. The van der Waals surface area contributed by atoms with Gasteiger partial charge in [-0.05, 0) is 58.4 Å². The van der Waals surface area contributed by atoms with Crippen molar-refractivity contribution in [2.45, 2.75) is 0 Å². The minimum atomic E-state index is -0.398. The van der Waals surface area contributed by atoms with Crippen LogP contribution in [-0.4, -0.2) is 17.3 Å². The zero-order chi connectivity index (χ0) is 13.1. The van der Waals surface area contributed by atoms with Gasteiger partial charge in [-0.25, -0.2) is 0 Å². The fourth-order valence-corrected chi connectivity index (χ4v) is 2.50. The number of rotatable bonds is 3. The van der Waals surface area contributed by atoms with E-state index in [0.717, 1.165) is 20.8 Å². The lowest BCUT2D eigenvalue weighted by atomic mass is 10.3. The molecule has 18 heavy (non-hydrogen) atoms. The molecular formula is C11H10IN3O2S. The van der Waals surface area contributed by atoms with E-state index >= 15 is 0 Å². The summed E-state index contributed by atoms with van der Waals surface area (Å²) in [5.41, 5.74) is 0.559. The molecule has 0 fully saturated rings. The molecule has 2 rings (SSSR count). The minimum absolute atomic E-state index is 0.112. The van der Waals surface area contributed by atoms with Crippen molar-refractivity contribution in [2.24, 2.45) is 0 Å². The molecule has 0 aliphatic carbocycles. The Balaban J connectivity index is 2.32. The van der Waals surface area contributed by atoms with E-state index in [1.54, 1.807) is 0 Å². The third-order valence-electron chi connectivity index (χ3n) is 2.26. The molecule has 0 atom stereocenters. The monoisotopic (exact) mass is 375 g/mol. The maximum absolute atomic E-state index is 11.6. The number of anilines is 2. The normalized spacial score (nSPS) is 10.1. The van der Waals surface area contributed by atoms with Crippen molar-refractivity contribution in [3.05, 3.63) is 43.8 Å². The second-order valence-corrected chi connectivity index (χ2v) is 5.51. The summed E-state index contributed by atoms with van der Waals surface area (Å²) in [6, 6.07) is 7.66. The van der Waals surface area contributed by atoms with Gasteiger partial charge >= 0.3 is 0 Å². The molecule has 0 aliphatic heterocycles. The number of carbonyl (C=O) groups excluding carboxylic acids is 1. The average Bonchev–Trinajstić information content (AvgIpc) is 2.72. The summed E-state index contributed by atoms with van der Waals surface area (Å²) in [5, 5.41) is 6.02. The zero-order valence-corrected chi connectivity index (χ0v) is 12.4. The van der Waals surface area contributed by atoms with E-state index in [1.807, 2.05) is 24.3 Å². The number of aromatic nitrogens is 1. The summed E-state index contributed by atoms with van der Waals surface area (Å²) >= 11 is 3.32. The van der Waals surface area contributed by atoms with Gasteiger partial charge in [-0.3, -0.25) is 14.0 Å². The number of benzene rings is 1. The van der Waals surface area contributed by atoms with Crippen molar-refractivity contribution in [1.29, 1.82) is 0 Å². The number of amides is 1. The third kappa shape index (κ3) is 2.72. The SMILES string of the molecule is CNC(=O)c1c(Nc2ccc(I)cc2)s[nH]c1=O. The van der Waals surface area contributed by atoms with Crippen LogP contribution < -0.4 is 16.2 Å². The largest absolute Gasteiger partial charge is 0.355 e. The molecule has 0 saturated heterocycles. The molecule has 7 heteroatoms. The molecule has 0 radical (unpaired) electrons. The van der Waals surface area contributed by atoms with Gasteiger partial charge in [-0.15, -0.1) is 0 Å². The highest BCUT2D eigenvalue weighted by atomic mass is 127. The lowest BCUT2D eigenvalue weighted by Crippen LogP contribution is -2.24. The van der Waals surface area contributed by atoms with Crippen molar-refractivity contribution in [1.82, 2.24) is 9.69 Å². The highest BCUT2D eigenvalue weighted by Crippen LogP contribution is 2.22. The van der Waals surface area contributed by atoms with Gasteiger partial charge in [0.05, 0.1) is 0 Å². The van der Waals surface area contributed by atoms with Crippen LogP contribution in [0.25, 0.3) is 0 Å². The van der Waals surface area contributed by atoms with Crippen LogP contribution in [0.4, 0.5) is 10.7 Å². The smallest absolute Gasteiger partial charge is 0.273 e. The zero-order valence-electron chi connectivity index (χ0n) is 9.41. The number of hydrogen-bond donors (Lipinski definition) is 3. The standard InChI is InChI=1S/C11H10IN3O2S/c1-13-9(16)8-10(17)15-18-11(8)14-7-4-2-6(12)3-5-7/h2-5,14H,1H3,(H,13,16)(H,15,17). The summed E-state index contributed by atoms with van der Waals surface area (Å²) in [6.07, 6.45) is 0. The average molecular weight is 375 g/mol. The van der Waals surface area contributed by atoms with Gasteiger partial charge in [0.15, 0.2) is 0 Å². The van der Waals surface area contributed by atoms with E-state index in [-0.39, 0.29) is 11.1 Å². The van der Waals surface area contributed by atoms with Crippen molar-refractivity contribution >= 4 is 50.7 Å². The molecule has 0 saturated carbocycles. The van der Waals surface area contributed by atoms with E-state index in [4.69, 9.17) is 0 Å². The van der Waals surface area contributed by atoms with E-state index in [2.05, 4.69) is 37.6 Å². The van der Waals surface area contributed by atoms with Crippen LogP contribution in [0.3, 0.4) is 0 Å². The van der Waals surface area contributed by atoms with Gasteiger partial charge < -0.3 is 10.6 Å². The molecule has 94 valence electrons. The molecule has 0 bridgehead atoms. The lowest BCUT2D eigenvalue weighted by Gasteiger charge is -2.05. The van der Waals surface area contributed by atoms with Crippen molar-refractivity contribution in [3.8, 4) is 0 Å². The maximum atomic E-state index is 11.6. The molecular weight excluding hydrogens is 365 g/mol. The first-order chi connectivity index (χ1) is 8.61. The Bertz CT molecular complexity index is 618. The second kappa shape index (κ2) is 5.53. The Kier molecular flexibility index (Phi) is 4.02. The summed E-state index contributed by atoms with van der Waals surface area (Å²) in [7, 11) is 1.49. The van der Waals surface area contributed by atoms with Gasteiger partial charge in [-0.1, -0.05) is 0 Å². The van der Waals surface area contributed by atoms with Gasteiger partial charge in [0.25, 0.3) is 11.5 Å². The number of halogens is 1. The van der Waals surface area contributed by atoms with Crippen LogP contribution in [0.5, 0.6) is 0 Å². The molecule has 5 nitrogen and oxygen atoms in total. The predicted octanol–water partition coefficient (Wildman–Crippen LogP) is 2.14. The van der Waals surface area contributed by atoms with Crippen LogP contribution >= 0.6 is 34.1 Å². The lowest BCUT2D eigenvalue weighted by molar-refractivity contribution is 0.0963. The summed E-state index contributed by atoms with van der Waals surface area (Å²) in [5.74, 6) is -0.398. The van der Waals surface area contributed by atoms with Crippen LogP contribution in [0.2, 0.25) is 0 Å². The molecule has 3 N–H and O–H groups in total. The Hall–Kier alpha value is -1.35. The Labute approximate surface area is 121 Å². The molecule has 0 spiro atoms. The van der Waals surface area contributed by atoms with Gasteiger partial charge in [-0.2, -0.15) is 0 Å². The fourth-order valence-electron chi connectivity index (χ4n) is 1.39.